The molecule has 128 valence electrons. The molecule has 8 heteroatoms. The van der Waals surface area contributed by atoms with Crippen LogP contribution < -0.4 is 0 Å². The van der Waals surface area contributed by atoms with E-state index in [4.69, 9.17) is 4.74 Å². The van der Waals surface area contributed by atoms with E-state index in [0.29, 0.717) is 24.0 Å². The Bertz CT molecular complexity index is 760. The van der Waals surface area contributed by atoms with E-state index in [1.54, 1.807) is 11.6 Å². The number of nitrogens with zero attached hydrogens (tertiary/aromatic N) is 4. The molecular weight excluding hydrogens is 328 g/mol. The molecule has 0 atom stereocenters. The van der Waals surface area contributed by atoms with Gasteiger partial charge in [0.2, 0.25) is 0 Å². The Morgan fingerprint density at radius 1 is 1.46 bits per heavy atom. The van der Waals surface area contributed by atoms with Crippen molar-refractivity contribution in [3.8, 4) is 11.4 Å². The average molecular weight is 348 g/mol. The molecule has 0 bridgehead atoms. The number of aliphatic hydroxyl groups is 1. The second-order valence-corrected chi connectivity index (χ2v) is 6.20. The normalized spacial score (nSPS) is 13.1. The lowest BCUT2D eigenvalue weighted by Gasteiger charge is -2.10. The summed E-state index contributed by atoms with van der Waals surface area (Å²) in [6.45, 7) is 2.32. The van der Waals surface area contributed by atoms with Gasteiger partial charge in [-0.05, 0) is 38.0 Å². The van der Waals surface area contributed by atoms with Crippen LogP contribution in [0.25, 0.3) is 11.4 Å². The first kappa shape index (κ1) is 16.9. The quantitative estimate of drug-likeness (QED) is 0.500. The molecule has 0 aliphatic heterocycles. The van der Waals surface area contributed by atoms with Gasteiger partial charge < -0.3 is 9.84 Å². The minimum atomic E-state index is -0.423. The van der Waals surface area contributed by atoms with Crippen LogP contribution in [0.4, 0.5) is 0 Å². The third-order valence-corrected chi connectivity index (χ3v) is 4.52. The molecular formula is C16H20N4O3S. The highest BCUT2D eigenvalue weighted by molar-refractivity contribution is 7.98. The number of ether oxygens (including phenoxy) is 1. The number of thioether (sulfide) groups is 1. The fraction of sp³-hybridized carbons (Fsp3) is 0.500. The van der Waals surface area contributed by atoms with Crippen LogP contribution in [-0.4, -0.2) is 50.3 Å². The molecule has 0 saturated carbocycles. The second-order valence-electron chi connectivity index (χ2n) is 5.43. The summed E-state index contributed by atoms with van der Waals surface area (Å²) in [5.74, 6) is -0.423. The molecule has 0 fully saturated rings. The van der Waals surface area contributed by atoms with Gasteiger partial charge in [0.1, 0.15) is 0 Å². The van der Waals surface area contributed by atoms with Gasteiger partial charge in [-0.1, -0.05) is 11.8 Å². The lowest BCUT2D eigenvalue weighted by molar-refractivity contribution is 0.0516. The van der Waals surface area contributed by atoms with Gasteiger partial charge >= 0.3 is 5.97 Å². The van der Waals surface area contributed by atoms with Crippen molar-refractivity contribution in [2.75, 3.05) is 19.5 Å². The molecule has 24 heavy (non-hydrogen) atoms. The van der Waals surface area contributed by atoms with Gasteiger partial charge in [-0.25, -0.2) is 14.8 Å². The summed E-state index contributed by atoms with van der Waals surface area (Å²) in [6.07, 6.45) is 6.23. The third kappa shape index (κ3) is 3.03. The summed E-state index contributed by atoms with van der Waals surface area (Å²) in [7, 11) is 0. The van der Waals surface area contributed by atoms with Crippen LogP contribution in [0.2, 0.25) is 0 Å². The summed E-state index contributed by atoms with van der Waals surface area (Å²) >= 11 is 1.47. The number of carbonyl (C=O) groups is 1. The maximum Gasteiger partial charge on any atom is 0.359 e. The molecule has 0 saturated heterocycles. The smallest absolute Gasteiger partial charge is 0.359 e. The minimum Gasteiger partial charge on any atom is -0.461 e. The lowest BCUT2D eigenvalue weighted by atomic mass is 10.1. The monoisotopic (exact) mass is 348 g/mol. The van der Waals surface area contributed by atoms with Crippen LogP contribution in [0, 0.1) is 0 Å². The summed E-state index contributed by atoms with van der Waals surface area (Å²) in [5, 5.41) is 14.5. The van der Waals surface area contributed by atoms with E-state index in [9.17, 15) is 9.90 Å². The van der Waals surface area contributed by atoms with Crippen LogP contribution in [0.1, 0.15) is 35.0 Å². The van der Waals surface area contributed by atoms with Crippen molar-refractivity contribution < 1.29 is 14.6 Å². The topological polar surface area (TPSA) is 90.1 Å². The van der Waals surface area contributed by atoms with Crippen molar-refractivity contribution in [3.05, 3.63) is 23.0 Å². The van der Waals surface area contributed by atoms with Crippen LogP contribution in [0.15, 0.2) is 11.4 Å². The molecule has 2 aromatic rings. The highest BCUT2D eigenvalue weighted by Crippen LogP contribution is 2.34. The number of aryl methyl sites for hydroxylation is 1. The van der Waals surface area contributed by atoms with Crippen molar-refractivity contribution >= 4 is 17.7 Å². The Morgan fingerprint density at radius 3 is 3.00 bits per heavy atom. The number of rotatable bonds is 5. The SMILES string of the molecule is CCOC(=O)c1nn(CCO)c2c1CCCc1cnc(SC)nc1-2. The first-order chi connectivity index (χ1) is 11.7. The number of aliphatic hydroxyl groups excluding tert-OH is 1. The van der Waals surface area contributed by atoms with Crippen molar-refractivity contribution in [1.29, 1.82) is 0 Å². The van der Waals surface area contributed by atoms with E-state index in [1.807, 2.05) is 12.5 Å². The van der Waals surface area contributed by atoms with Crippen molar-refractivity contribution in [3.63, 3.8) is 0 Å². The van der Waals surface area contributed by atoms with Gasteiger partial charge in [0.05, 0.1) is 31.1 Å². The predicted octanol–water partition coefficient (Wildman–Crippen LogP) is 1.72. The van der Waals surface area contributed by atoms with E-state index in [-0.39, 0.29) is 6.61 Å². The number of hydrogen-bond acceptors (Lipinski definition) is 7. The minimum absolute atomic E-state index is 0.0633. The molecule has 0 aromatic carbocycles. The Morgan fingerprint density at radius 2 is 2.29 bits per heavy atom. The number of esters is 1. The summed E-state index contributed by atoms with van der Waals surface area (Å²) < 4.78 is 6.81. The number of hydrogen-bond donors (Lipinski definition) is 1. The lowest BCUT2D eigenvalue weighted by Crippen LogP contribution is -2.10. The number of aromatic nitrogens is 4. The van der Waals surface area contributed by atoms with Crippen molar-refractivity contribution in [2.24, 2.45) is 0 Å². The van der Waals surface area contributed by atoms with E-state index in [2.05, 4.69) is 15.1 Å². The van der Waals surface area contributed by atoms with Gasteiger partial charge in [-0.3, -0.25) is 4.68 Å². The highest BCUT2D eigenvalue weighted by Gasteiger charge is 2.28. The fourth-order valence-electron chi connectivity index (χ4n) is 2.95. The standard InChI is InChI=1S/C16H20N4O3S/c1-3-23-15(22)13-11-6-4-5-10-9-17-16(24-2)18-12(10)14(11)20(19-13)7-8-21/h9,21H,3-8H2,1-2H3. The molecule has 2 heterocycles. The maximum atomic E-state index is 12.3. The molecule has 0 amide bonds. The molecule has 1 N–H and O–H groups in total. The molecule has 2 aromatic heterocycles. The Labute approximate surface area is 144 Å². The Hall–Kier alpha value is -1.93. The summed E-state index contributed by atoms with van der Waals surface area (Å²) in [5.41, 5.74) is 3.83. The van der Waals surface area contributed by atoms with Gasteiger partial charge in [0.25, 0.3) is 0 Å². The first-order valence-corrected chi connectivity index (χ1v) is 9.20. The van der Waals surface area contributed by atoms with Gasteiger partial charge in [-0.15, -0.1) is 0 Å². The molecule has 1 aliphatic rings. The van der Waals surface area contributed by atoms with Crippen molar-refractivity contribution in [1.82, 2.24) is 19.7 Å². The Balaban J connectivity index is 2.21. The number of carbonyl (C=O) groups excluding carboxylic acids is 1. The maximum absolute atomic E-state index is 12.3. The molecule has 7 nitrogen and oxygen atoms in total. The zero-order valence-electron chi connectivity index (χ0n) is 13.8. The zero-order chi connectivity index (χ0) is 17.1. The zero-order valence-corrected chi connectivity index (χ0v) is 14.6. The van der Waals surface area contributed by atoms with Gasteiger partial charge in [-0.2, -0.15) is 5.10 Å². The first-order valence-electron chi connectivity index (χ1n) is 7.97. The van der Waals surface area contributed by atoms with E-state index < -0.39 is 5.97 Å². The van der Waals surface area contributed by atoms with Gasteiger partial charge in [0, 0.05) is 11.8 Å². The number of fused-ring (bicyclic) bond motifs is 3. The molecule has 3 rings (SSSR count). The van der Waals surface area contributed by atoms with E-state index >= 15 is 0 Å². The predicted molar refractivity (Wildman–Crippen MR) is 90.1 cm³/mol. The van der Waals surface area contributed by atoms with E-state index in [0.717, 1.165) is 41.8 Å². The second kappa shape index (κ2) is 7.31. The largest absolute Gasteiger partial charge is 0.461 e. The summed E-state index contributed by atoms with van der Waals surface area (Å²) in [6, 6.07) is 0. The van der Waals surface area contributed by atoms with E-state index in [1.165, 1.54) is 11.8 Å². The Kier molecular flexibility index (Phi) is 5.15. The van der Waals surface area contributed by atoms with Crippen LogP contribution in [0.5, 0.6) is 0 Å². The fourth-order valence-corrected chi connectivity index (χ4v) is 3.29. The third-order valence-electron chi connectivity index (χ3n) is 3.95. The highest BCUT2D eigenvalue weighted by atomic mass is 32.2. The van der Waals surface area contributed by atoms with Crippen LogP contribution in [0.3, 0.4) is 0 Å². The van der Waals surface area contributed by atoms with Crippen LogP contribution in [-0.2, 0) is 24.1 Å². The van der Waals surface area contributed by atoms with Crippen molar-refractivity contribution in [2.45, 2.75) is 37.9 Å². The molecule has 0 unspecified atom stereocenters. The average Bonchev–Trinajstić information content (AvgIpc) is 2.83. The van der Waals surface area contributed by atoms with Crippen LogP contribution >= 0.6 is 11.8 Å². The molecule has 0 spiro atoms. The molecule has 0 radical (unpaired) electrons. The molecule has 1 aliphatic carbocycles. The van der Waals surface area contributed by atoms with Gasteiger partial charge in [0.15, 0.2) is 10.9 Å². The summed E-state index contributed by atoms with van der Waals surface area (Å²) in [4.78, 5) is 21.3.